The van der Waals surface area contributed by atoms with Crippen molar-refractivity contribution in [1.29, 1.82) is 0 Å². The molecule has 8 nitrogen and oxygen atoms in total. The van der Waals surface area contributed by atoms with Gasteiger partial charge in [-0.25, -0.2) is 14.5 Å². The van der Waals surface area contributed by atoms with Gasteiger partial charge in [0, 0.05) is 24.8 Å². The molecule has 31 heavy (non-hydrogen) atoms. The molecule has 0 atom stereocenters. The Balaban J connectivity index is 0.00000480. The molecule has 0 saturated carbocycles. The number of aliphatic imine (C=N–C) groups is 1. The van der Waals surface area contributed by atoms with Crippen molar-refractivity contribution in [1.82, 2.24) is 25.7 Å². The van der Waals surface area contributed by atoms with Crippen LogP contribution in [-0.4, -0.2) is 46.1 Å². The van der Waals surface area contributed by atoms with Crippen LogP contribution in [0.3, 0.4) is 0 Å². The van der Waals surface area contributed by atoms with Crippen LogP contribution < -0.4 is 16.0 Å². The number of rotatable bonds is 7. The summed E-state index contributed by atoms with van der Waals surface area (Å²) in [5.74, 6) is 0.670. The smallest absolute Gasteiger partial charge is 0.408 e. The monoisotopic (exact) mass is 542 g/mol. The number of carbonyl (C=O) groups excluding carboxylic acids is 1. The third kappa shape index (κ3) is 10.0. The maximum Gasteiger partial charge on any atom is 0.408 e. The van der Waals surface area contributed by atoms with Gasteiger partial charge in [0.15, 0.2) is 5.96 Å². The molecule has 1 aromatic carbocycles. The molecule has 0 aliphatic carbocycles. The largest absolute Gasteiger partial charge is 0.444 e. The second kappa shape index (κ2) is 11.9. The highest BCUT2D eigenvalue weighted by Crippen LogP contribution is 2.10. The van der Waals surface area contributed by atoms with E-state index < -0.39 is 17.2 Å². The Morgan fingerprint density at radius 1 is 1.13 bits per heavy atom. The molecule has 2 rings (SSSR count). The molecule has 3 N–H and O–H groups in total. The number of nitrogens with zero attached hydrogens (tertiary/aromatic N) is 3. The molecule has 1 amide bonds. The Kier molecular flexibility index (Phi) is 10.3. The van der Waals surface area contributed by atoms with Crippen molar-refractivity contribution in [2.45, 2.75) is 59.2 Å². The molecule has 2 aromatic rings. The maximum absolute atomic E-state index is 12.1. The van der Waals surface area contributed by atoms with Crippen LogP contribution in [0, 0.1) is 0 Å². The average Bonchev–Trinajstić information content (AvgIpc) is 3.12. The van der Waals surface area contributed by atoms with E-state index in [4.69, 9.17) is 4.74 Å². The van der Waals surface area contributed by atoms with E-state index in [0.29, 0.717) is 19.0 Å². The van der Waals surface area contributed by atoms with Crippen LogP contribution in [0.25, 0.3) is 5.69 Å². The minimum absolute atomic E-state index is 0. The van der Waals surface area contributed by atoms with Crippen molar-refractivity contribution in [2.24, 2.45) is 4.99 Å². The molecule has 0 bridgehead atoms. The van der Waals surface area contributed by atoms with E-state index >= 15 is 0 Å². The van der Waals surface area contributed by atoms with Gasteiger partial charge in [-0.05, 0) is 53.7 Å². The number of alkyl carbamates (subject to hydrolysis) is 1. The first kappa shape index (κ1) is 26.7. The quantitative estimate of drug-likeness (QED) is 0.281. The number of nitrogens with one attached hydrogen (secondary N) is 3. The maximum atomic E-state index is 12.1. The lowest BCUT2D eigenvalue weighted by Gasteiger charge is -2.29. The highest BCUT2D eigenvalue weighted by atomic mass is 127. The van der Waals surface area contributed by atoms with E-state index in [1.165, 1.54) is 0 Å². The summed E-state index contributed by atoms with van der Waals surface area (Å²) in [5.41, 5.74) is 0.958. The molecule has 0 aliphatic heterocycles. The third-order valence-electron chi connectivity index (χ3n) is 3.96. The van der Waals surface area contributed by atoms with Crippen molar-refractivity contribution >= 4 is 36.0 Å². The van der Waals surface area contributed by atoms with Crippen molar-refractivity contribution in [3.8, 4) is 5.69 Å². The Bertz CT molecular complexity index is 843. The summed E-state index contributed by atoms with van der Waals surface area (Å²) in [6.45, 7) is 13.1. The number of halogens is 1. The van der Waals surface area contributed by atoms with Crippen LogP contribution in [0.15, 0.2) is 47.7 Å². The van der Waals surface area contributed by atoms with E-state index in [9.17, 15) is 4.79 Å². The average molecular weight is 542 g/mol. The Morgan fingerprint density at radius 3 is 2.42 bits per heavy atom. The second-order valence-electron chi connectivity index (χ2n) is 8.69. The van der Waals surface area contributed by atoms with Crippen molar-refractivity contribution in [3.63, 3.8) is 0 Å². The fourth-order valence-electron chi connectivity index (χ4n) is 2.60. The first-order valence-electron chi connectivity index (χ1n) is 10.2. The number of carbonyl (C=O) groups is 1. The number of para-hydroxylation sites is 1. The normalized spacial score (nSPS) is 12.0. The Hall–Kier alpha value is -2.30. The number of benzene rings is 1. The van der Waals surface area contributed by atoms with E-state index in [1.807, 2.05) is 88.9 Å². The predicted octanol–water partition coefficient (Wildman–Crippen LogP) is 3.85. The topological polar surface area (TPSA) is 92.6 Å². The highest BCUT2D eigenvalue weighted by molar-refractivity contribution is 14.0. The molecular weight excluding hydrogens is 507 g/mol. The summed E-state index contributed by atoms with van der Waals surface area (Å²) in [7, 11) is 0. The zero-order valence-corrected chi connectivity index (χ0v) is 21.6. The fraction of sp³-hybridized carbons (Fsp3) is 0.500. The number of aromatic nitrogens is 2. The number of hydrogen-bond donors (Lipinski definition) is 3. The number of guanidine groups is 1. The van der Waals surface area contributed by atoms with Gasteiger partial charge in [0.2, 0.25) is 0 Å². The van der Waals surface area contributed by atoms with Gasteiger partial charge < -0.3 is 20.7 Å². The van der Waals surface area contributed by atoms with Gasteiger partial charge in [-0.2, -0.15) is 5.10 Å². The molecule has 0 unspecified atom stereocenters. The summed E-state index contributed by atoms with van der Waals surface area (Å²) >= 11 is 0. The molecule has 0 spiro atoms. The first-order chi connectivity index (χ1) is 14.1. The van der Waals surface area contributed by atoms with Crippen LogP contribution in [0.5, 0.6) is 0 Å². The van der Waals surface area contributed by atoms with Gasteiger partial charge in [0.05, 0.1) is 24.0 Å². The standard InChI is InChI=1S/C22H34N6O2.HI/c1-7-23-19(25-16-22(5,6)27-20(29)30-21(2,3)4)24-13-17-14-26-28(15-17)18-11-9-8-10-12-18;/h8-12,14-15H,7,13,16H2,1-6H3,(H,27,29)(H2,23,24,25);1H. The summed E-state index contributed by atoms with van der Waals surface area (Å²) in [6.07, 6.45) is 3.34. The van der Waals surface area contributed by atoms with Crippen LogP contribution in [0.1, 0.15) is 47.1 Å². The van der Waals surface area contributed by atoms with Gasteiger partial charge in [-0.1, -0.05) is 18.2 Å². The molecule has 9 heteroatoms. The summed E-state index contributed by atoms with van der Waals surface area (Å²) in [4.78, 5) is 16.7. The van der Waals surface area contributed by atoms with Gasteiger partial charge in [-0.3, -0.25) is 0 Å². The molecule has 0 radical (unpaired) electrons. The summed E-state index contributed by atoms with van der Waals surface area (Å²) in [5, 5.41) is 13.8. The second-order valence-corrected chi connectivity index (χ2v) is 8.69. The summed E-state index contributed by atoms with van der Waals surface area (Å²) < 4.78 is 7.17. The molecule has 172 valence electrons. The van der Waals surface area contributed by atoms with E-state index in [-0.39, 0.29) is 24.0 Å². The van der Waals surface area contributed by atoms with Crippen LogP contribution >= 0.6 is 24.0 Å². The molecule has 0 fully saturated rings. The highest BCUT2D eigenvalue weighted by Gasteiger charge is 2.24. The molecule has 1 aromatic heterocycles. The summed E-state index contributed by atoms with van der Waals surface area (Å²) in [6, 6.07) is 9.95. The molecular formula is C22H35IN6O2. The number of amides is 1. The van der Waals surface area contributed by atoms with Gasteiger partial charge in [0.1, 0.15) is 5.60 Å². The lowest BCUT2D eigenvalue weighted by atomic mass is 10.1. The van der Waals surface area contributed by atoms with Crippen molar-refractivity contribution < 1.29 is 9.53 Å². The Morgan fingerprint density at radius 2 is 1.81 bits per heavy atom. The van der Waals surface area contributed by atoms with Gasteiger partial charge in [0.25, 0.3) is 0 Å². The zero-order chi connectivity index (χ0) is 22.2. The minimum Gasteiger partial charge on any atom is -0.444 e. The molecule has 1 heterocycles. The minimum atomic E-state index is -0.534. The lowest BCUT2D eigenvalue weighted by molar-refractivity contribution is 0.0474. The number of hydrogen-bond acceptors (Lipinski definition) is 4. The Labute approximate surface area is 202 Å². The molecule has 0 aliphatic rings. The number of ether oxygens (including phenoxy) is 1. The van der Waals surface area contributed by atoms with Crippen molar-refractivity contribution in [3.05, 3.63) is 48.3 Å². The van der Waals surface area contributed by atoms with E-state index in [1.54, 1.807) is 0 Å². The first-order valence-corrected chi connectivity index (χ1v) is 10.2. The van der Waals surface area contributed by atoms with Crippen LogP contribution in [-0.2, 0) is 11.3 Å². The van der Waals surface area contributed by atoms with E-state index in [0.717, 1.165) is 17.8 Å². The SMILES string of the molecule is CCNC(=NCc1cnn(-c2ccccc2)c1)NCC(C)(C)NC(=O)OC(C)(C)C.I. The predicted molar refractivity (Wildman–Crippen MR) is 135 cm³/mol. The van der Waals surface area contributed by atoms with E-state index in [2.05, 4.69) is 26.0 Å². The lowest BCUT2D eigenvalue weighted by Crippen LogP contribution is -2.54. The molecule has 0 saturated heterocycles. The van der Waals surface area contributed by atoms with Crippen LogP contribution in [0.2, 0.25) is 0 Å². The third-order valence-corrected chi connectivity index (χ3v) is 3.96. The van der Waals surface area contributed by atoms with Crippen molar-refractivity contribution in [2.75, 3.05) is 13.1 Å². The van der Waals surface area contributed by atoms with Crippen LogP contribution in [0.4, 0.5) is 4.79 Å². The van der Waals surface area contributed by atoms with Gasteiger partial charge in [-0.15, -0.1) is 24.0 Å². The van der Waals surface area contributed by atoms with Gasteiger partial charge >= 0.3 is 6.09 Å². The fourth-order valence-corrected chi connectivity index (χ4v) is 2.60. The zero-order valence-electron chi connectivity index (χ0n) is 19.2.